The monoisotopic (exact) mass is 342 g/mol. The van der Waals surface area contributed by atoms with E-state index in [1.807, 2.05) is 19.1 Å². The maximum atomic E-state index is 5.86. The molecule has 2 unspecified atom stereocenters. The molecule has 112 valence electrons. The van der Waals surface area contributed by atoms with Crippen molar-refractivity contribution in [2.24, 2.45) is 5.73 Å². The minimum Gasteiger partial charge on any atom is -0.491 e. The minimum absolute atomic E-state index is 0.136. The van der Waals surface area contributed by atoms with Crippen LogP contribution in [-0.2, 0) is 11.2 Å². The Labute approximate surface area is 129 Å². The molecule has 0 amide bonds. The van der Waals surface area contributed by atoms with Crippen molar-refractivity contribution in [2.45, 2.75) is 25.5 Å². The van der Waals surface area contributed by atoms with E-state index in [2.05, 4.69) is 33.9 Å². The van der Waals surface area contributed by atoms with Gasteiger partial charge in [-0.3, -0.25) is 0 Å². The van der Waals surface area contributed by atoms with E-state index >= 15 is 0 Å². The SMILES string of the molecule is CC(N)Cc1cc(OCC2CN(C)CCO2)ccc1Br. The molecular weight excluding hydrogens is 320 g/mol. The van der Waals surface area contributed by atoms with Gasteiger partial charge in [0.1, 0.15) is 18.5 Å². The third kappa shape index (κ3) is 4.74. The molecular formula is C15H23BrN2O2. The molecule has 1 aliphatic heterocycles. The molecule has 20 heavy (non-hydrogen) atoms. The van der Waals surface area contributed by atoms with Crippen molar-refractivity contribution in [1.82, 2.24) is 4.90 Å². The van der Waals surface area contributed by atoms with Gasteiger partial charge < -0.3 is 20.1 Å². The second-order valence-electron chi connectivity index (χ2n) is 5.50. The number of morpholine rings is 1. The van der Waals surface area contributed by atoms with Gasteiger partial charge in [-0.1, -0.05) is 15.9 Å². The van der Waals surface area contributed by atoms with Gasteiger partial charge in [0.25, 0.3) is 0 Å². The van der Waals surface area contributed by atoms with Crippen molar-refractivity contribution in [1.29, 1.82) is 0 Å². The fourth-order valence-electron chi connectivity index (χ4n) is 2.30. The van der Waals surface area contributed by atoms with E-state index in [4.69, 9.17) is 15.2 Å². The maximum absolute atomic E-state index is 5.86. The average Bonchev–Trinajstić information content (AvgIpc) is 2.39. The number of nitrogens with two attached hydrogens (primary N) is 1. The molecule has 2 rings (SSSR count). The third-order valence-electron chi connectivity index (χ3n) is 3.34. The van der Waals surface area contributed by atoms with E-state index < -0.39 is 0 Å². The number of halogens is 1. The molecule has 1 aromatic carbocycles. The molecule has 0 spiro atoms. The molecule has 1 heterocycles. The quantitative estimate of drug-likeness (QED) is 0.889. The van der Waals surface area contributed by atoms with Gasteiger partial charge in [-0.2, -0.15) is 0 Å². The van der Waals surface area contributed by atoms with E-state index in [1.165, 1.54) is 5.56 Å². The van der Waals surface area contributed by atoms with E-state index in [1.54, 1.807) is 0 Å². The lowest BCUT2D eigenvalue weighted by Crippen LogP contribution is -2.42. The Morgan fingerprint density at radius 1 is 1.55 bits per heavy atom. The highest BCUT2D eigenvalue weighted by Gasteiger charge is 2.18. The maximum Gasteiger partial charge on any atom is 0.119 e. The number of nitrogens with zero attached hydrogens (tertiary/aromatic N) is 1. The number of rotatable bonds is 5. The Morgan fingerprint density at radius 3 is 3.05 bits per heavy atom. The summed E-state index contributed by atoms with van der Waals surface area (Å²) in [4.78, 5) is 2.26. The summed E-state index contributed by atoms with van der Waals surface area (Å²) in [6, 6.07) is 6.18. The van der Waals surface area contributed by atoms with Gasteiger partial charge in [0.15, 0.2) is 0 Å². The van der Waals surface area contributed by atoms with Crippen LogP contribution in [0.15, 0.2) is 22.7 Å². The molecule has 2 atom stereocenters. The topological polar surface area (TPSA) is 47.7 Å². The predicted octanol–water partition coefficient (Wildman–Crippen LogP) is 2.05. The molecule has 0 bridgehead atoms. The summed E-state index contributed by atoms with van der Waals surface area (Å²) < 4.78 is 12.6. The molecule has 1 aromatic rings. The van der Waals surface area contributed by atoms with Crippen molar-refractivity contribution in [3.8, 4) is 5.75 Å². The summed E-state index contributed by atoms with van der Waals surface area (Å²) >= 11 is 3.55. The molecule has 4 nitrogen and oxygen atoms in total. The summed E-state index contributed by atoms with van der Waals surface area (Å²) in [5.41, 5.74) is 7.04. The molecule has 0 radical (unpaired) electrons. The second kappa shape index (κ2) is 7.41. The van der Waals surface area contributed by atoms with Crippen LogP contribution >= 0.6 is 15.9 Å². The van der Waals surface area contributed by atoms with Gasteiger partial charge in [0.05, 0.1) is 6.61 Å². The van der Waals surface area contributed by atoms with Crippen LogP contribution in [0.2, 0.25) is 0 Å². The van der Waals surface area contributed by atoms with Crippen molar-refractivity contribution >= 4 is 15.9 Å². The second-order valence-corrected chi connectivity index (χ2v) is 6.36. The Balaban J connectivity index is 1.92. The molecule has 1 saturated heterocycles. The average molecular weight is 343 g/mol. The lowest BCUT2D eigenvalue weighted by molar-refractivity contribution is -0.0403. The number of hydrogen-bond acceptors (Lipinski definition) is 4. The first-order valence-corrected chi connectivity index (χ1v) is 7.81. The molecule has 1 fully saturated rings. The van der Waals surface area contributed by atoms with Gasteiger partial charge >= 0.3 is 0 Å². The van der Waals surface area contributed by atoms with E-state index in [0.29, 0.717) is 6.61 Å². The summed E-state index contributed by atoms with van der Waals surface area (Å²) in [5, 5.41) is 0. The summed E-state index contributed by atoms with van der Waals surface area (Å²) in [7, 11) is 2.11. The van der Waals surface area contributed by atoms with Gasteiger partial charge in [-0.15, -0.1) is 0 Å². The van der Waals surface area contributed by atoms with Crippen LogP contribution < -0.4 is 10.5 Å². The van der Waals surface area contributed by atoms with Gasteiger partial charge in [0.2, 0.25) is 0 Å². The first-order valence-electron chi connectivity index (χ1n) is 7.01. The number of hydrogen-bond donors (Lipinski definition) is 1. The highest BCUT2D eigenvalue weighted by molar-refractivity contribution is 9.10. The van der Waals surface area contributed by atoms with Crippen LogP contribution in [0.4, 0.5) is 0 Å². The zero-order chi connectivity index (χ0) is 14.5. The van der Waals surface area contributed by atoms with Crippen LogP contribution in [0.1, 0.15) is 12.5 Å². The van der Waals surface area contributed by atoms with Gasteiger partial charge in [-0.05, 0) is 44.2 Å². The zero-order valence-electron chi connectivity index (χ0n) is 12.1. The van der Waals surface area contributed by atoms with Crippen molar-refractivity contribution in [3.05, 3.63) is 28.2 Å². The Kier molecular flexibility index (Phi) is 5.84. The van der Waals surface area contributed by atoms with E-state index in [-0.39, 0.29) is 12.1 Å². The largest absolute Gasteiger partial charge is 0.491 e. The lowest BCUT2D eigenvalue weighted by Gasteiger charge is -2.29. The molecule has 0 aliphatic carbocycles. The minimum atomic E-state index is 0.136. The summed E-state index contributed by atoms with van der Waals surface area (Å²) in [6.07, 6.45) is 0.981. The normalized spacial score (nSPS) is 21.7. The first kappa shape index (κ1) is 15.8. The highest BCUT2D eigenvalue weighted by atomic mass is 79.9. The van der Waals surface area contributed by atoms with Crippen molar-refractivity contribution in [2.75, 3.05) is 33.4 Å². The Morgan fingerprint density at radius 2 is 2.35 bits per heavy atom. The van der Waals surface area contributed by atoms with Crippen molar-refractivity contribution < 1.29 is 9.47 Å². The fourth-order valence-corrected chi connectivity index (χ4v) is 2.71. The van der Waals surface area contributed by atoms with Crippen LogP contribution in [0.5, 0.6) is 5.75 Å². The molecule has 1 aliphatic rings. The highest BCUT2D eigenvalue weighted by Crippen LogP contribution is 2.24. The summed E-state index contributed by atoms with van der Waals surface area (Å²) in [5.74, 6) is 0.876. The van der Waals surface area contributed by atoms with E-state index in [0.717, 1.165) is 36.3 Å². The molecule has 0 aromatic heterocycles. The van der Waals surface area contributed by atoms with Crippen LogP contribution in [0.3, 0.4) is 0 Å². The predicted molar refractivity (Wildman–Crippen MR) is 84.2 cm³/mol. The number of ether oxygens (including phenoxy) is 2. The first-order chi connectivity index (χ1) is 9.54. The zero-order valence-corrected chi connectivity index (χ0v) is 13.7. The van der Waals surface area contributed by atoms with Crippen LogP contribution in [-0.4, -0.2) is 50.4 Å². The van der Waals surface area contributed by atoms with Crippen LogP contribution in [0.25, 0.3) is 0 Å². The third-order valence-corrected chi connectivity index (χ3v) is 4.11. The fraction of sp³-hybridized carbons (Fsp3) is 0.600. The van der Waals surface area contributed by atoms with Gasteiger partial charge in [0, 0.05) is 23.6 Å². The molecule has 0 saturated carbocycles. The standard InChI is InChI=1S/C15H23BrN2O2/c1-11(17)7-12-8-13(3-4-15(12)16)20-10-14-9-18(2)5-6-19-14/h3-4,8,11,14H,5-7,9-10,17H2,1-2H3. The molecule has 2 N–H and O–H groups in total. The van der Waals surface area contributed by atoms with Gasteiger partial charge in [-0.25, -0.2) is 0 Å². The Hall–Kier alpha value is -0.620. The van der Waals surface area contributed by atoms with E-state index in [9.17, 15) is 0 Å². The number of benzene rings is 1. The Bertz CT molecular complexity index is 440. The number of likely N-dealkylation sites (N-methyl/N-ethyl adjacent to an activating group) is 1. The lowest BCUT2D eigenvalue weighted by atomic mass is 10.1. The summed E-state index contributed by atoms with van der Waals surface area (Å²) in [6.45, 7) is 5.28. The van der Waals surface area contributed by atoms with Crippen LogP contribution in [0, 0.1) is 0 Å². The smallest absolute Gasteiger partial charge is 0.119 e. The molecule has 5 heteroatoms. The van der Waals surface area contributed by atoms with Crippen molar-refractivity contribution in [3.63, 3.8) is 0 Å².